The maximum Gasteiger partial charge on any atom is 0.320 e. The van der Waals surface area contributed by atoms with E-state index in [1.807, 2.05) is 24.3 Å². The van der Waals surface area contributed by atoms with Gasteiger partial charge in [-0.05, 0) is 36.0 Å². The maximum atomic E-state index is 11.4. The van der Waals surface area contributed by atoms with Gasteiger partial charge in [0.05, 0.1) is 5.52 Å². The van der Waals surface area contributed by atoms with Gasteiger partial charge < -0.3 is 10.4 Å². The molecule has 0 bridgehead atoms. The quantitative estimate of drug-likeness (QED) is 0.855. The largest absolute Gasteiger partial charge is 0.480 e. The molecular weight excluding hydrogens is 276 g/mol. The van der Waals surface area contributed by atoms with Crippen LogP contribution in [0.2, 0.25) is 0 Å². The monoisotopic (exact) mass is 300 g/mol. The Bertz CT molecular complexity index is 647. The number of pyridine rings is 1. The number of carboxylic acid groups (broad SMARTS) is 1. The summed E-state index contributed by atoms with van der Waals surface area (Å²) in [5.41, 5.74) is 2.09. The predicted octanol–water partition coefficient (Wildman–Crippen LogP) is 3.60. The lowest BCUT2D eigenvalue weighted by Gasteiger charge is -2.21. The van der Waals surface area contributed by atoms with E-state index in [0.717, 1.165) is 22.9 Å². The van der Waals surface area contributed by atoms with Crippen molar-refractivity contribution in [2.45, 2.75) is 46.2 Å². The van der Waals surface area contributed by atoms with Crippen LogP contribution in [0.1, 0.15) is 39.2 Å². The van der Waals surface area contributed by atoms with E-state index in [1.165, 1.54) is 0 Å². The number of hydrogen-bond donors (Lipinski definition) is 2. The van der Waals surface area contributed by atoms with Crippen molar-refractivity contribution >= 4 is 16.9 Å². The number of aromatic nitrogens is 1. The SMILES string of the molecule is CC(C)(C)CCC(NCc1cnc2ccccc2c1)C(=O)O. The number of benzene rings is 1. The molecule has 0 fully saturated rings. The van der Waals surface area contributed by atoms with Crippen LogP contribution in [-0.2, 0) is 11.3 Å². The maximum absolute atomic E-state index is 11.4. The summed E-state index contributed by atoms with van der Waals surface area (Å²) in [6, 6.07) is 9.45. The number of hydrogen-bond acceptors (Lipinski definition) is 3. The van der Waals surface area contributed by atoms with Crippen molar-refractivity contribution in [3.8, 4) is 0 Å². The molecule has 2 N–H and O–H groups in total. The molecule has 1 aromatic heterocycles. The van der Waals surface area contributed by atoms with Gasteiger partial charge in [0.1, 0.15) is 6.04 Å². The molecule has 4 nitrogen and oxygen atoms in total. The van der Waals surface area contributed by atoms with Gasteiger partial charge in [0.15, 0.2) is 0 Å². The Balaban J connectivity index is 1.99. The highest BCUT2D eigenvalue weighted by Gasteiger charge is 2.20. The number of nitrogens with zero attached hydrogens (tertiary/aromatic N) is 1. The molecule has 0 spiro atoms. The number of carbonyl (C=O) groups is 1. The Morgan fingerprint density at radius 1 is 1.32 bits per heavy atom. The molecule has 1 heterocycles. The molecule has 0 saturated carbocycles. The molecule has 2 rings (SSSR count). The predicted molar refractivity (Wildman–Crippen MR) is 88.7 cm³/mol. The molecule has 1 unspecified atom stereocenters. The third kappa shape index (κ3) is 4.81. The van der Waals surface area contributed by atoms with E-state index in [1.54, 1.807) is 6.20 Å². The Hall–Kier alpha value is -1.94. The van der Waals surface area contributed by atoms with E-state index >= 15 is 0 Å². The van der Waals surface area contributed by atoms with Crippen LogP contribution in [0.15, 0.2) is 36.5 Å². The molecular formula is C18H24N2O2. The zero-order valence-electron chi connectivity index (χ0n) is 13.5. The number of nitrogens with one attached hydrogen (secondary N) is 1. The van der Waals surface area contributed by atoms with Gasteiger partial charge in [0, 0.05) is 18.1 Å². The van der Waals surface area contributed by atoms with Gasteiger partial charge in [-0.15, -0.1) is 0 Å². The summed E-state index contributed by atoms with van der Waals surface area (Å²) in [5.74, 6) is -0.794. The first-order chi connectivity index (χ1) is 10.3. The van der Waals surface area contributed by atoms with Crippen molar-refractivity contribution < 1.29 is 9.90 Å². The van der Waals surface area contributed by atoms with Gasteiger partial charge in [0.25, 0.3) is 0 Å². The van der Waals surface area contributed by atoms with Crippen LogP contribution in [0.4, 0.5) is 0 Å². The van der Waals surface area contributed by atoms with Crippen LogP contribution in [-0.4, -0.2) is 22.1 Å². The summed E-state index contributed by atoms with van der Waals surface area (Å²) in [5, 5.41) is 13.5. The van der Waals surface area contributed by atoms with Crippen LogP contribution in [0.3, 0.4) is 0 Å². The second-order valence-corrected chi connectivity index (χ2v) is 6.91. The van der Waals surface area contributed by atoms with Gasteiger partial charge >= 0.3 is 5.97 Å². The van der Waals surface area contributed by atoms with Crippen molar-refractivity contribution in [2.24, 2.45) is 5.41 Å². The highest BCUT2D eigenvalue weighted by Crippen LogP contribution is 2.22. The normalized spacial score (nSPS) is 13.2. The number of para-hydroxylation sites is 1. The highest BCUT2D eigenvalue weighted by atomic mass is 16.4. The fraction of sp³-hybridized carbons (Fsp3) is 0.444. The van der Waals surface area contributed by atoms with E-state index in [-0.39, 0.29) is 5.41 Å². The lowest BCUT2D eigenvalue weighted by Crippen LogP contribution is -2.37. The molecule has 4 heteroatoms. The Kier molecular flexibility index (Phi) is 5.14. The molecule has 1 aromatic carbocycles. The summed E-state index contributed by atoms with van der Waals surface area (Å²) in [4.78, 5) is 15.8. The molecule has 22 heavy (non-hydrogen) atoms. The van der Waals surface area contributed by atoms with E-state index in [2.05, 4.69) is 37.1 Å². The standard InChI is InChI=1S/C18H24N2O2/c1-18(2,3)9-8-16(17(21)22)20-12-13-10-14-6-4-5-7-15(14)19-11-13/h4-7,10-11,16,20H,8-9,12H2,1-3H3,(H,21,22). The third-order valence-corrected chi connectivity index (χ3v) is 3.68. The lowest BCUT2D eigenvalue weighted by molar-refractivity contribution is -0.139. The van der Waals surface area contributed by atoms with Crippen LogP contribution < -0.4 is 5.32 Å². The first-order valence-corrected chi connectivity index (χ1v) is 7.65. The lowest BCUT2D eigenvalue weighted by atomic mass is 9.88. The first kappa shape index (κ1) is 16.4. The zero-order valence-corrected chi connectivity index (χ0v) is 13.5. The van der Waals surface area contributed by atoms with Gasteiger partial charge in [-0.3, -0.25) is 9.78 Å². The highest BCUT2D eigenvalue weighted by molar-refractivity contribution is 5.78. The van der Waals surface area contributed by atoms with Crippen LogP contribution in [0.25, 0.3) is 10.9 Å². The third-order valence-electron chi connectivity index (χ3n) is 3.68. The van der Waals surface area contributed by atoms with E-state index in [4.69, 9.17) is 0 Å². The van der Waals surface area contributed by atoms with Crippen LogP contribution >= 0.6 is 0 Å². The molecule has 0 amide bonds. The number of aliphatic carboxylic acids is 1. The Morgan fingerprint density at radius 3 is 2.73 bits per heavy atom. The van der Waals surface area contributed by atoms with Gasteiger partial charge in [-0.1, -0.05) is 39.0 Å². The summed E-state index contributed by atoms with van der Waals surface area (Å²) >= 11 is 0. The second kappa shape index (κ2) is 6.88. The average Bonchev–Trinajstić information content (AvgIpc) is 2.45. The Labute approximate surface area is 131 Å². The van der Waals surface area contributed by atoms with Gasteiger partial charge in [-0.2, -0.15) is 0 Å². The molecule has 2 aromatic rings. The summed E-state index contributed by atoms with van der Waals surface area (Å²) in [6.45, 7) is 6.89. The molecule has 0 aliphatic rings. The van der Waals surface area contributed by atoms with Crippen molar-refractivity contribution in [1.29, 1.82) is 0 Å². The van der Waals surface area contributed by atoms with Crippen molar-refractivity contribution in [2.75, 3.05) is 0 Å². The summed E-state index contributed by atoms with van der Waals surface area (Å²) in [6.07, 6.45) is 3.30. The zero-order chi connectivity index (χ0) is 16.2. The topological polar surface area (TPSA) is 62.2 Å². The van der Waals surface area contributed by atoms with Crippen molar-refractivity contribution in [3.63, 3.8) is 0 Å². The molecule has 0 aliphatic carbocycles. The second-order valence-electron chi connectivity index (χ2n) is 6.91. The first-order valence-electron chi connectivity index (χ1n) is 7.65. The molecule has 0 aliphatic heterocycles. The number of fused-ring (bicyclic) bond motifs is 1. The minimum Gasteiger partial charge on any atom is -0.480 e. The summed E-state index contributed by atoms with van der Waals surface area (Å²) < 4.78 is 0. The van der Waals surface area contributed by atoms with Crippen molar-refractivity contribution in [3.05, 3.63) is 42.1 Å². The smallest absolute Gasteiger partial charge is 0.320 e. The summed E-state index contributed by atoms with van der Waals surface area (Å²) in [7, 11) is 0. The number of rotatable bonds is 6. The van der Waals surface area contributed by atoms with Gasteiger partial charge in [-0.25, -0.2) is 0 Å². The van der Waals surface area contributed by atoms with Gasteiger partial charge in [0.2, 0.25) is 0 Å². The van der Waals surface area contributed by atoms with Crippen LogP contribution in [0, 0.1) is 5.41 Å². The molecule has 0 saturated heterocycles. The molecule has 118 valence electrons. The number of carboxylic acids is 1. The van der Waals surface area contributed by atoms with E-state index in [9.17, 15) is 9.90 Å². The minimum atomic E-state index is -0.794. The molecule has 0 radical (unpaired) electrons. The fourth-order valence-corrected chi connectivity index (χ4v) is 2.34. The fourth-order valence-electron chi connectivity index (χ4n) is 2.34. The van der Waals surface area contributed by atoms with Crippen molar-refractivity contribution in [1.82, 2.24) is 10.3 Å². The Morgan fingerprint density at radius 2 is 2.05 bits per heavy atom. The average molecular weight is 300 g/mol. The van der Waals surface area contributed by atoms with Crippen LogP contribution in [0.5, 0.6) is 0 Å². The molecule has 1 atom stereocenters. The van der Waals surface area contributed by atoms with E-state index < -0.39 is 12.0 Å². The minimum absolute atomic E-state index is 0.139. The van der Waals surface area contributed by atoms with E-state index in [0.29, 0.717) is 13.0 Å².